The molecule has 1 heterocycles. The average molecular weight is 368 g/mol. The van der Waals surface area contributed by atoms with Gasteiger partial charge in [-0.15, -0.1) is 24.0 Å². The standard InChI is InChI=1S/C13H28N4.HI/c1-10(2)16-13(14)15-8-12(4)17-7-5-6-11(3)9-17;/h10-12H,5-9H2,1-4H3,(H3,14,15,16);1H. The lowest BCUT2D eigenvalue weighted by Gasteiger charge is -2.34. The van der Waals surface area contributed by atoms with Gasteiger partial charge in [-0.25, -0.2) is 0 Å². The minimum atomic E-state index is 0. The number of halogens is 1. The molecule has 1 aliphatic heterocycles. The molecule has 0 spiro atoms. The fourth-order valence-corrected chi connectivity index (χ4v) is 2.31. The zero-order chi connectivity index (χ0) is 12.8. The van der Waals surface area contributed by atoms with Crippen molar-refractivity contribution in [3.8, 4) is 0 Å². The van der Waals surface area contributed by atoms with Gasteiger partial charge in [-0.3, -0.25) is 9.89 Å². The number of likely N-dealkylation sites (tertiary alicyclic amines) is 1. The summed E-state index contributed by atoms with van der Waals surface area (Å²) >= 11 is 0. The number of nitrogens with two attached hydrogens (primary N) is 1. The Hall–Kier alpha value is -0.0400. The zero-order valence-electron chi connectivity index (χ0n) is 12.1. The average Bonchev–Trinajstić information content (AvgIpc) is 2.25. The first-order chi connectivity index (χ1) is 7.99. The van der Waals surface area contributed by atoms with Crippen LogP contribution in [0.15, 0.2) is 4.99 Å². The molecular formula is C13H29IN4. The summed E-state index contributed by atoms with van der Waals surface area (Å²) in [5, 5.41) is 3.12. The predicted octanol–water partition coefficient (Wildman–Crippen LogP) is 2.04. The molecule has 1 fully saturated rings. The highest BCUT2D eigenvalue weighted by atomic mass is 127. The third kappa shape index (κ3) is 6.78. The summed E-state index contributed by atoms with van der Waals surface area (Å²) in [7, 11) is 0. The summed E-state index contributed by atoms with van der Waals surface area (Å²) in [4.78, 5) is 6.93. The fraction of sp³-hybridized carbons (Fsp3) is 0.923. The van der Waals surface area contributed by atoms with Crippen molar-refractivity contribution >= 4 is 29.9 Å². The van der Waals surface area contributed by atoms with Crippen LogP contribution in [-0.2, 0) is 0 Å². The topological polar surface area (TPSA) is 53.6 Å². The largest absolute Gasteiger partial charge is 0.370 e. The summed E-state index contributed by atoms with van der Waals surface area (Å²) in [5.74, 6) is 1.39. The zero-order valence-corrected chi connectivity index (χ0v) is 14.5. The summed E-state index contributed by atoms with van der Waals surface area (Å²) in [6, 6.07) is 0.842. The molecule has 0 aliphatic carbocycles. The molecule has 1 rings (SSSR count). The second-order valence-corrected chi connectivity index (χ2v) is 5.62. The number of rotatable bonds is 4. The molecule has 2 unspecified atom stereocenters. The predicted molar refractivity (Wildman–Crippen MR) is 89.6 cm³/mol. The van der Waals surface area contributed by atoms with Gasteiger partial charge in [-0.2, -0.15) is 0 Å². The van der Waals surface area contributed by atoms with Gasteiger partial charge < -0.3 is 11.1 Å². The Morgan fingerprint density at radius 2 is 2.11 bits per heavy atom. The first kappa shape index (κ1) is 18.0. The minimum absolute atomic E-state index is 0. The molecule has 0 bridgehead atoms. The number of nitrogens with one attached hydrogen (secondary N) is 1. The van der Waals surface area contributed by atoms with Gasteiger partial charge in [0.25, 0.3) is 0 Å². The van der Waals surface area contributed by atoms with Gasteiger partial charge in [0.2, 0.25) is 0 Å². The van der Waals surface area contributed by atoms with Crippen LogP contribution >= 0.6 is 24.0 Å². The second kappa shape index (κ2) is 8.96. The molecule has 2 atom stereocenters. The van der Waals surface area contributed by atoms with Crippen molar-refractivity contribution in [3.63, 3.8) is 0 Å². The van der Waals surface area contributed by atoms with E-state index in [-0.39, 0.29) is 24.0 Å². The molecule has 18 heavy (non-hydrogen) atoms. The molecule has 0 aromatic carbocycles. The lowest BCUT2D eigenvalue weighted by Crippen LogP contribution is -2.43. The van der Waals surface area contributed by atoms with Gasteiger partial charge in [0.05, 0.1) is 6.54 Å². The number of hydrogen-bond donors (Lipinski definition) is 2. The molecule has 5 heteroatoms. The van der Waals surface area contributed by atoms with Crippen molar-refractivity contribution in [2.45, 2.75) is 52.6 Å². The van der Waals surface area contributed by atoms with Gasteiger partial charge >= 0.3 is 0 Å². The van der Waals surface area contributed by atoms with E-state index in [4.69, 9.17) is 5.73 Å². The first-order valence-corrected chi connectivity index (χ1v) is 6.79. The van der Waals surface area contributed by atoms with Crippen LogP contribution in [0.2, 0.25) is 0 Å². The number of hydrogen-bond acceptors (Lipinski definition) is 2. The fourth-order valence-electron chi connectivity index (χ4n) is 2.31. The van der Waals surface area contributed by atoms with Crippen LogP contribution < -0.4 is 11.1 Å². The van der Waals surface area contributed by atoms with Gasteiger partial charge in [-0.1, -0.05) is 6.92 Å². The molecule has 1 aliphatic rings. The SMILES string of the molecule is CC1CCCN(C(C)CN=C(N)NC(C)C)C1.I. The normalized spacial score (nSPS) is 23.6. The smallest absolute Gasteiger partial charge is 0.188 e. The summed E-state index contributed by atoms with van der Waals surface area (Å²) < 4.78 is 0. The molecule has 4 nitrogen and oxygen atoms in total. The maximum absolute atomic E-state index is 5.80. The summed E-state index contributed by atoms with van der Waals surface area (Å²) in [6.07, 6.45) is 2.68. The third-order valence-electron chi connectivity index (χ3n) is 3.27. The van der Waals surface area contributed by atoms with Gasteiger partial charge in [0.1, 0.15) is 0 Å². The van der Waals surface area contributed by atoms with E-state index >= 15 is 0 Å². The van der Waals surface area contributed by atoms with Crippen LogP contribution in [0.5, 0.6) is 0 Å². The van der Waals surface area contributed by atoms with Crippen molar-refractivity contribution in [1.82, 2.24) is 10.2 Å². The van der Waals surface area contributed by atoms with E-state index in [0.717, 1.165) is 12.5 Å². The van der Waals surface area contributed by atoms with Crippen molar-refractivity contribution in [2.24, 2.45) is 16.6 Å². The number of piperidine rings is 1. The quantitative estimate of drug-likeness (QED) is 0.454. The summed E-state index contributed by atoms with van der Waals surface area (Å²) in [6.45, 7) is 11.9. The summed E-state index contributed by atoms with van der Waals surface area (Å²) in [5.41, 5.74) is 5.80. The van der Waals surface area contributed by atoms with E-state index in [9.17, 15) is 0 Å². The van der Waals surface area contributed by atoms with E-state index < -0.39 is 0 Å². The molecule has 3 N–H and O–H groups in total. The number of guanidine groups is 1. The molecule has 0 aromatic heterocycles. The molecule has 108 valence electrons. The molecule has 0 saturated carbocycles. The van der Waals surface area contributed by atoms with Crippen LogP contribution in [0.4, 0.5) is 0 Å². The second-order valence-electron chi connectivity index (χ2n) is 5.62. The Kier molecular flexibility index (Phi) is 8.94. The Morgan fingerprint density at radius 3 is 2.67 bits per heavy atom. The maximum atomic E-state index is 5.80. The minimum Gasteiger partial charge on any atom is -0.370 e. The molecule has 0 aromatic rings. The van der Waals surface area contributed by atoms with Crippen molar-refractivity contribution in [1.29, 1.82) is 0 Å². The lowest BCUT2D eigenvalue weighted by atomic mass is 9.99. The molecule has 1 saturated heterocycles. The van der Waals surface area contributed by atoms with E-state index in [1.54, 1.807) is 0 Å². The Labute approximate surface area is 129 Å². The van der Waals surface area contributed by atoms with Crippen LogP contribution in [-0.4, -0.2) is 42.6 Å². The van der Waals surface area contributed by atoms with Gasteiger partial charge in [0.15, 0.2) is 5.96 Å². The molecule has 0 amide bonds. The Balaban J connectivity index is 0.00000289. The highest BCUT2D eigenvalue weighted by molar-refractivity contribution is 14.0. The Morgan fingerprint density at radius 1 is 1.44 bits per heavy atom. The van der Waals surface area contributed by atoms with E-state index in [2.05, 4.69) is 42.9 Å². The van der Waals surface area contributed by atoms with Gasteiger partial charge in [0, 0.05) is 18.6 Å². The van der Waals surface area contributed by atoms with E-state index in [1.165, 1.54) is 25.9 Å². The van der Waals surface area contributed by atoms with Crippen molar-refractivity contribution in [3.05, 3.63) is 0 Å². The van der Waals surface area contributed by atoms with Crippen LogP contribution in [0.25, 0.3) is 0 Å². The maximum Gasteiger partial charge on any atom is 0.188 e. The highest BCUT2D eigenvalue weighted by Gasteiger charge is 2.20. The van der Waals surface area contributed by atoms with Crippen LogP contribution in [0.1, 0.15) is 40.5 Å². The van der Waals surface area contributed by atoms with Crippen LogP contribution in [0.3, 0.4) is 0 Å². The van der Waals surface area contributed by atoms with Crippen molar-refractivity contribution in [2.75, 3.05) is 19.6 Å². The van der Waals surface area contributed by atoms with Crippen molar-refractivity contribution < 1.29 is 0 Å². The monoisotopic (exact) mass is 368 g/mol. The lowest BCUT2D eigenvalue weighted by molar-refractivity contribution is 0.142. The number of aliphatic imine (C=N–C) groups is 1. The highest BCUT2D eigenvalue weighted by Crippen LogP contribution is 2.17. The Bertz CT molecular complexity index is 255. The number of nitrogens with zero attached hydrogens (tertiary/aromatic N) is 2. The van der Waals surface area contributed by atoms with Crippen LogP contribution in [0, 0.1) is 5.92 Å². The molecular weight excluding hydrogens is 339 g/mol. The van der Waals surface area contributed by atoms with Gasteiger partial charge in [-0.05, 0) is 46.1 Å². The first-order valence-electron chi connectivity index (χ1n) is 6.79. The third-order valence-corrected chi connectivity index (χ3v) is 3.27. The molecule has 0 radical (unpaired) electrons. The van der Waals surface area contributed by atoms with E-state index in [0.29, 0.717) is 18.0 Å². The van der Waals surface area contributed by atoms with E-state index in [1.807, 2.05) is 0 Å².